The minimum Gasteiger partial charge on any atom is -0.406 e. The van der Waals surface area contributed by atoms with Crippen molar-refractivity contribution in [1.29, 1.82) is 0 Å². The van der Waals surface area contributed by atoms with Gasteiger partial charge >= 0.3 is 6.36 Å². The van der Waals surface area contributed by atoms with Crippen LogP contribution >= 0.6 is 11.6 Å². The second-order valence-electron chi connectivity index (χ2n) is 9.34. The summed E-state index contributed by atoms with van der Waals surface area (Å²) in [6.07, 6.45) is -3.55. The maximum absolute atomic E-state index is 15.2. The van der Waals surface area contributed by atoms with Gasteiger partial charge in [-0.1, -0.05) is 11.6 Å². The van der Waals surface area contributed by atoms with Crippen molar-refractivity contribution in [2.24, 2.45) is 21.8 Å². The smallest absolute Gasteiger partial charge is 0.406 e. The van der Waals surface area contributed by atoms with Crippen molar-refractivity contribution in [3.8, 4) is 5.75 Å². The predicted octanol–water partition coefficient (Wildman–Crippen LogP) is 5.19. The van der Waals surface area contributed by atoms with Crippen LogP contribution in [0.4, 0.5) is 36.4 Å². The van der Waals surface area contributed by atoms with Crippen LogP contribution in [0.2, 0.25) is 0 Å². The second kappa shape index (κ2) is 11.1. The van der Waals surface area contributed by atoms with Gasteiger partial charge in [0.1, 0.15) is 5.75 Å². The molecular weight excluding hydrogens is 561 g/mol. The number of alkyl halides is 7. The van der Waals surface area contributed by atoms with Crippen LogP contribution in [0.5, 0.6) is 5.75 Å². The first-order chi connectivity index (χ1) is 18.0. The molecule has 3 rings (SSSR count). The fourth-order valence-corrected chi connectivity index (χ4v) is 5.22. The van der Waals surface area contributed by atoms with Gasteiger partial charge in [0, 0.05) is 49.5 Å². The lowest BCUT2D eigenvalue weighted by molar-refractivity contribution is -0.274. The average molecular weight is 585 g/mol. The first-order valence-electron chi connectivity index (χ1n) is 11.5. The van der Waals surface area contributed by atoms with Gasteiger partial charge in [0.2, 0.25) is 0 Å². The molecule has 0 spiro atoms. The van der Waals surface area contributed by atoms with E-state index in [0.717, 1.165) is 19.3 Å². The Bertz CT molecular complexity index is 1190. The van der Waals surface area contributed by atoms with Crippen LogP contribution in [0, 0.1) is 17.7 Å². The molecule has 0 radical (unpaired) electrons. The van der Waals surface area contributed by atoms with Crippen molar-refractivity contribution in [3.05, 3.63) is 35.8 Å². The molecule has 2 aliphatic carbocycles. The summed E-state index contributed by atoms with van der Waals surface area (Å²) in [5.74, 6) is -9.67. The topological polar surface area (TPSA) is 83.4 Å². The van der Waals surface area contributed by atoms with Crippen LogP contribution in [-0.4, -0.2) is 61.3 Å². The summed E-state index contributed by atoms with van der Waals surface area (Å²) < 4.78 is 99.2. The second-order valence-corrected chi connectivity index (χ2v) is 9.72. The lowest BCUT2D eigenvalue weighted by Crippen LogP contribution is -2.63. The number of ether oxygens (including phenoxy) is 1. The van der Waals surface area contributed by atoms with Gasteiger partial charge in [0.15, 0.2) is 11.4 Å². The molecule has 2 amide bonds. The Morgan fingerprint density at radius 3 is 2.44 bits per heavy atom. The largest absolute Gasteiger partial charge is 0.573 e. The zero-order valence-corrected chi connectivity index (χ0v) is 21.4. The van der Waals surface area contributed by atoms with Gasteiger partial charge in [-0.25, -0.2) is 17.6 Å². The van der Waals surface area contributed by atoms with Crippen molar-refractivity contribution in [2.45, 2.75) is 55.7 Å². The Morgan fingerprint density at radius 1 is 1.31 bits per heavy atom. The van der Waals surface area contributed by atoms with E-state index < -0.39 is 76.8 Å². The Labute approximate surface area is 223 Å². The van der Waals surface area contributed by atoms with Gasteiger partial charge in [-0.2, -0.15) is 0 Å². The first kappa shape index (κ1) is 30.4. The van der Waals surface area contributed by atoms with Gasteiger partial charge in [0.05, 0.1) is 5.69 Å². The summed E-state index contributed by atoms with van der Waals surface area (Å²) in [6, 6.07) is 0.843. The third-order valence-electron chi connectivity index (χ3n) is 6.89. The molecule has 0 heterocycles. The third kappa shape index (κ3) is 6.20. The third-order valence-corrected chi connectivity index (χ3v) is 7.08. The highest BCUT2D eigenvalue weighted by molar-refractivity contribution is 6.32. The molecule has 1 aromatic carbocycles. The van der Waals surface area contributed by atoms with E-state index in [1.807, 2.05) is 0 Å². The molecule has 2 saturated carbocycles. The molecule has 2 bridgehead atoms. The molecule has 2 aliphatic rings. The van der Waals surface area contributed by atoms with E-state index in [2.05, 4.69) is 26.8 Å². The summed E-state index contributed by atoms with van der Waals surface area (Å²) >= 11 is 5.41. The molecule has 15 heteroatoms. The number of anilines is 1. The molecular formula is C24H24ClF7N4O3. The molecule has 5 atom stereocenters. The molecule has 0 aliphatic heterocycles. The molecule has 7 nitrogen and oxygen atoms in total. The molecule has 39 heavy (non-hydrogen) atoms. The number of carbonyl (C=O) groups is 2. The summed E-state index contributed by atoms with van der Waals surface area (Å²) in [6.45, 7) is 4.35. The number of halogens is 8. The number of hydrogen-bond acceptors (Lipinski definition) is 5. The van der Waals surface area contributed by atoms with Crippen molar-refractivity contribution >= 4 is 42.0 Å². The summed E-state index contributed by atoms with van der Waals surface area (Å²) in [7, 11) is 1.28. The Morgan fingerprint density at radius 2 is 1.97 bits per heavy atom. The van der Waals surface area contributed by atoms with Gasteiger partial charge in [-0.15, -0.1) is 13.2 Å². The fraction of sp³-hybridized carbons (Fsp3) is 0.500. The number of nitrogens with zero attached hydrogens (tertiary/aromatic N) is 3. The van der Waals surface area contributed by atoms with E-state index in [-0.39, 0.29) is 24.5 Å². The average Bonchev–Trinajstić information content (AvgIpc) is 3.34. The highest BCUT2D eigenvalue weighted by Gasteiger charge is 2.58. The number of benzene rings is 1. The number of hydrogen-bond donors (Lipinski definition) is 1. The van der Waals surface area contributed by atoms with Gasteiger partial charge in [-0.05, 0) is 44.5 Å². The molecule has 1 N–H and O–H groups in total. The number of aliphatic imine (C=N–C) groups is 2. The van der Waals surface area contributed by atoms with Crippen LogP contribution in [-0.2, 0) is 9.59 Å². The van der Waals surface area contributed by atoms with E-state index >= 15 is 4.39 Å². The molecule has 0 saturated heterocycles. The van der Waals surface area contributed by atoms with Gasteiger partial charge in [-0.3, -0.25) is 24.5 Å². The highest BCUT2D eigenvalue weighted by atomic mass is 35.5. The van der Waals surface area contributed by atoms with Crippen molar-refractivity contribution in [1.82, 2.24) is 5.32 Å². The predicted molar refractivity (Wildman–Crippen MR) is 129 cm³/mol. The van der Waals surface area contributed by atoms with Crippen molar-refractivity contribution in [3.63, 3.8) is 0 Å². The van der Waals surface area contributed by atoms with Crippen molar-refractivity contribution in [2.75, 3.05) is 11.9 Å². The summed E-state index contributed by atoms with van der Waals surface area (Å²) in [5.41, 5.74) is -6.30. The quantitative estimate of drug-likeness (QED) is 0.247. The van der Waals surface area contributed by atoms with E-state index in [4.69, 9.17) is 11.6 Å². The number of nitrogens with one attached hydrogen (secondary N) is 1. The Hall–Kier alpha value is -3.16. The van der Waals surface area contributed by atoms with Crippen LogP contribution in [0.15, 0.2) is 40.0 Å². The minimum atomic E-state index is -5.17. The lowest BCUT2D eigenvalue weighted by Gasteiger charge is -2.42. The fourth-order valence-electron chi connectivity index (χ4n) is 5.12. The maximum atomic E-state index is 15.2. The molecule has 2 fully saturated rings. The maximum Gasteiger partial charge on any atom is 0.573 e. The molecule has 1 aromatic rings. The SMILES string of the molecule is C=N/C=C(\C=NC)[C@](C)(C(=O)N[C@@H]1CC2CC1CC2(F)F)N(C(=O)[C@H](F)Cl)c1ccc(OC(F)(F)F)cc1F. The molecule has 2 unspecified atom stereocenters. The Kier molecular flexibility index (Phi) is 8.68. The zero-order valence-electron chi connectivity index (χ0n) is 20.6. The number of carbonyl (C=O) groups excluding carboxylic acids is 2. The monoisotopic (exact) mass is 584 g/mol. The van der Waals surface area contributed by atoms with Crippen LogP contribution in [0.3, 0.4) is 0 Å². The number of amides is 2. The zero-order chi connectivity index (χ0) is 29.3. The van der Waals surface area contributed by atoms with Crippen molar-refractivity contribution < 1.29 is 45.1 Å². The summed E-state index contributed by atoms with van der Waals surface area (Å²) in [4.78, 5) is 34.6. The molecule has 0 aromatic heterocycles. The summed E-state index contributed by atoms with van der Waals surface area (Å²) in [5, 5.41) is 2.60. The van der Waals surface area contributed by atoms with E-state index in [0.29, 0.717) is 17.0 Å². The van der Waals surface area contributed by atoms with Gasteiger partial charge in [0.25, 0.3) is 23.4 Å². The normalized spacial score (nSPS) is 24.8. The number of fused-ring (bicyclic) bond motifs is 2. The lowest BCUT2D eigenvalue weighted by atomic mass is 9.86. The highest BCUT2D eigenvalue weighted by Crippen LogP contribution is 2.53. The first-order valence-corrected chi connectivity index (χ1v) is 11.9. The van der Waals surface area contributed by atoms with E-state index in [1.54, 1.807) is 0 Å². The number of rotatable bonds is 9. The molecule has 214 valence electrons. The standard InChI is InChI=1S/C24H24ClF7N4O3/c1-22(14(10-33-2)11-34-3,21(38)35-17-7-13-6-12(17)9-23(13,28)29)36(20(37)19(25)27)18-5-4-15(8-16(18)26)39-24(30,31)32/h4-5,8,10-13,17,19H,2,6-7,9H2,1,3H3,(H,35,38)/b14-10+,34-11?/t12?,13?,17-,19+,22-/m1/s1. The minimum absolute atomic E-state index is 0.0763. The Balaban J connectivity index is 2.14. The van der Waals surface area contributed by atoms with E-state index in [9.17, 15) is 35.9 Å². The van der Waals surface area contributed by atoms with Gasteiger partial charge < -0.3 is 10.1 Å². The van der Waals surface area contributed by atoms with Crippen LogP contribution in [0.1, 0.15) is 26.2 Å². The van der Waals surface area contributed by atoms with E-state index in [1.165, 1.54) is 7.05 Å². The van der Waals surface area contributed by atoms with Crippen LogP contribution < -0.4 is 15.0 Å². The van der Waals surface area contributed by atoms with Crippen LogP contribution in [0.25, 0.3) is 0 Å².